The van der Waals surface area contributed by atoms with Crippen LogP contribution in [0.1, 0.15) is 20.8 Å². The maximum absolute atomic E-state index is 9.68. The molecule has 0 aromatic carbocycles. The number of aliphatic hydroxyl groups is 2. The molecular weight excluding hydrogens is 244 g/mol. The van der Waals surface area contributed by atoms with Crippen LogP contribution in [0.2, 0.25) is 0 Å². The van der Waals surface area contributed by atoms with Crippen molar-refractivity contribution in [1.82, 2.24) is 0 Å². The van der Waals surface area contributed by atoms with Gasteiger partial charge in [0.25, 0.3) is 0 Å². The lowest BCUT2D eigenvalue weighted by molar-refractivity contribution is -0.0441. The molecule has 19 heavy (non-hydrogen) atoms. The Hall–Kier alpha value is -0.160. The Balaban J connectivity index is 1.75. The highest BCUT2D eigenvalue weighted by molar-refractivity contribution is 5.22. The quantitative estimate of drug-likeness (QED) is 0.772. The van der Waals surface area contributed by atoms with Crippen LogP contribution in [0.15, 0.2) is 0 Å². The summed E-state index contributed by atoms with van der Waals surface area (Å²) < 4.78 is 12.5. The zero-order chi connectivity index (χ0) is 13.5. The van der Waals surface area contributed by atoms with Crippen molar-refractivity contribution >= 4 is 0 Å². The first kappa shape index (κ1) is 12.6. The topological polar surface area (TPSA) is 58.9 Å². The second kappa shape index (κ2) is 3.73. The first-order valence-corrected chi connectivity index (χ1v) is 7.58. The molecule has 4 heteroatoms. The summed E-state index contributed by atoms with van der Waals surface area (Å²) >= 11 is 0. The second-order valence-electron chi connectivity index (χ2n) is 7.35. The molecule has 4 rings (SSSR count). The summed E-state index contributed by atoms with van der Waals surface area (Å²) in [6.45, 7) is 7.06. The van der Waals surface area contributed by atoms with Crippen LogP contribution in [0, 0.1) is 35.0 Å². The highest BCUT2D eigenvalue weighted by Gasteiger charge is 2.76. The molecule has 0 saturated carbocycles. The number of rotatable bonds is 2. The molecule has 4 saturated heterocycles. The molecule has 4 aliphatic rings. The molecule has 4 bridgehead atoms. The lowest BCUT2D eigenvalue weighted by Crippen LogP contribution is -2.57. The van der Waals surface area contributed by atoms with Gasteiger partial charge in [-0.15, -0.1) is 0 Å². The van der Waals surface area contributed by atoms with Crippen LogP contribution < -0.4 is 0 Å². The fourth-order valence-corrected chi connectivity index (χ4v) is 5.82. The van der Waals surface area contributed by atoms with E-state index in [9.17, 15) is 10.2 Å². The largest absolute Gasteiger partial charge is 0.396 e. The standard InChI is InChI=1S/C15H24O4/c1-6-7(2)13-15(3)10(11(6)18-13)12-8(4-16)9(5-17)14(15)19-12/h6-14,16-17H,4-5H2,1-3H3. The van der Waals surface area contributed by atoms with E-state index in [1.54, 1.807) is 0 Å². The van der Waals surface area contributed by atoms with Crippen molar-refractivity contribution in [3.63, 3.8) is 0 Å². The summed E-state index contributed by atoms with van der Waals surface area (Å²) in [5.74, 6) is 1.67. The Kier molecular flexibility index (Phi) is 2.47. The van der Waals surface area contributed by atoms with Crippen molar-refractivity contribution in [3.8, 4) is 0 Å². The van der Waals surface area contributed by atoms with Crippen molar-refractivity contribution < 1.29 is 19.7 Å². The van der Waals surface area contributed by atoms with Crippen molar-refractivity contribution in [2.24, 2.45) is 35.0 Å². The van der Waals surface area contributed by atoms with Crippen LogP contribution >= 0.6 is 0 Å². The molecule has 0 amide bonds. The molecule has 108 valence electrons. The predicted octanol–water partition coefficient (Wildman–Crippen LogP) is 0.660. The summed E-state index contributed by atoms with van der Waals surface area (Å²) in [6, 6.07) is 0. The van der Waals surface area contributed by atoms with Crippen LogP contribution in [0.25, 0.3) is 0 Å². The highest BCUT2D eigenvalue weighted by Crippen LogP contribution is 2.69. The summed E-state index contributed by atoms with van der Waals surface area (Å²) in [7, 11) is 0. The zero-order valence-corrected chi connectivity index (χ0v) is 11.8. The van der Waals surface area contributed by atoms with E-state index in [0.717, 1.165) is 0 Å². The van der Waals surface area contributed by atoms with Gasteiger partial charge in [-0.25, -0.2) is 0 Å². The lowest BCUT2D eigenvalue weighted by atomic mass is 9.52. The fraction of sp³-hybridized carbons (Fsp3) is 1.00. The number of fused-ring (bicyclic) bond motifs is 9. The third-order valence-corrected chi connectivity index (χ3v) is 6.87. The lowest BCUT2D eigenvalue weighted by Gasteiger charge is -2.48. The molecule has 0 spiro atoms. The molecule has 10 atom stereocenters. The van der Waals surface area contributed by atoms with Crippen molar-refractivity contribution in [1.29, 1.82) is 0 Å². The summed E-state index contributed by atoms with van der Waals surface area (Å²) in [5, 5.41) is 19.3. The monoisotopic (exact) mass is 268 g/mol. The minimum atomic E-state index is 0.0281. The van der Waals surface area contributed by atoms with Crippen LogP contribution in [-0.2, 0) is 9.47 Å². The van der Waals surface area contributed by atoms with Crippen molar-refractivity contribution in [3.05, 3.63) is 0 Å². The first-order chi connectivity index (χ1) is 9.05. The van der Waals surface area contributed by atoms with Gasteiger partial charge in [-0.2, -0.15) is 0 Å². The van der Waals surface area contributed by atoms with Gasteiger partial charge in [-0.05, 0) is 11.8 Å². The first-order valence-electron chi connectivity index (χ1n) is 7.58. The summed E-state index contributed by atoms with van der Waals surface area (Å²) in [6.07, 6.45) is 0.645. The average Bonchev–Trinajstić information content (AvgIpc) is 3.06. The number of hydrogen-bond acceptors (Lipinski definition) is 4. The van der Waals surface area contributed by atoms with Crippen molar-refractivity contribution in [2.45, 2.75) is 45.2 Å². The van der Waals surface area contributed by atoms with Gasteiger partial charge >= 0.3 is 0 Å². The Labute approximate surface area is 114 Å². The van der Waals surface area contributed by atoms with E-state index in [0.29, 0.717) is 17.8 Å². The Morgan fingerprint density at radius 2 is 1.53 bits per heavy atom. The van der Waals surface area contributed by atoms with E-state index in [1.165, 1.54) is 0 Å². The minimum Gasteiger partial charge on any atom is -0.396 e. The smallest absolute Gasteiger partial charge is 0.0716 e. The number of hydrogen-bond donors (Lipinski definition) is 2. The Morgan fingerprint density at radius 3 is 2.16 bits per heavy atom. The third kappa shape index (κ3) is 1.17. The molecule has 0 aromatic heterocycles. The van der Waals surface area contributed by atoms with Crippen molar-refractivity contribution in [2.75, 3.05) is 13.2 Å². The van der Waals surface area contributed by atoms with Gasteiger partial charge in [-0.1, -0.05) is 20.8 Å². The molecular formula is C15H24O4. The molecule has 4 heterocycles. The van der Waals surface area contributed by atoms with E-state index in [1.807, 2.05) is 0 Å². The minimum absolute atomic E-state index is 0.0281. The molecule has 4 fully saturated rings. The summed E-state index contributed by atoms with van der Waals surface area (Å²) in [4.78, 5) is 0. The number of aliphatic hydroxyl groups excluding tert-OH is 2. The van der Waals surface area contributed by atoms with Gasteiger partial charge < -0.3 is 19.7 Å². The van der Waals surface area contributed by atoms with Crippen LogP contribution in [-0.4, -0.2) is 47.8 Å². The van der Waals surface area contributed by atoms with Crippen LogP contribution in [0.3, 0.4) is 0 Å². The molecule has 10 unspecified atom stereocenters. The van der Waals surface area contributed by atoms with Gasteiger partial charge in [0.1, 0.15) is 0 Å². The summed E-state index contributed by atoms with van der Waals surface area (Å²) in [5.41, 5.74) is 0.0281. The second-order valence-corrected chi connectivity index (χ2v) is 7.35. The molecule has 0 aliphatic carbocycles. The predicted molar refractivity (Wildman–Crippen MR) is 68.4 cm³/mol. The van der Waals surface area contributed by atoms with Crippen LogP contribution in [0.4, 0.5) is 0 Å². The van der Waals surface area contributed by atoms with E-state index >= 15 is 0 Å². The van der Waals surface area contributed by atoms with E-state index in [2.05, 4.69) is 20.8 Å². The Morgan fingerprint density at radius 1 is 0.895 bits per heavy atom. The van der Waals surface area contributed by atoms with E-state index in [-0.39, 0.29) is 54.9 Å². The van der Waals surface area contributed by atoms with Gasteiger partial charge in [0.05, 0.1) is 24.4 Å². The molecule has 2 N–H and O–H groups in total. The van der Waals surface area contributed by atoms with Crippen LogP contribution in [0.5, 0.6) is 0 Å². The Bertz CT molecular complexity index is 400. The van der Waals surface area contributed by atoms with Gasteiger partial charge in [0, 0.05) is 36.4 Å². The molecule has 0 radical (unpaired) electrons. The number of ether oxygens (including phenoxy) is 2. The SMILES string of the molecule is CC1C(C)C2OC1C1C3OC(C(CO)C3CO)C21C. The average molecular weight is 268 g/mol. The molecule has 4 nitrogen and oxygen atoms in total. The molecule has 0 aromatic rings. The zero-order valence-electron chi connectivity index (χ0n) is 11.8. The highest BCUT2D eigenvalue weighted by atomic mass is 16.6. The van der Waals surface area contributed by atoms with Gasteiger partial charge in [0.2, 0.25) is 0 Å². The normalized spacial score (nSPS) is 65.8. The van der Waals surface area contributed by atoms with Gasteiger partial charge in [-0.3, -0.25) is 0 Å². The maximum Gasteiger partial charge on any atom is 0.0716 e. The fourth-order valence-electron chi connectivity index (χ4n) is 5.82. The third-order valence-electron chi connectivity index (χ3n) is 6.87. The van der Waals surface area contributed by atoms with E-state index < -0.39 is 0 Å². The molecule has 4 aliphatic heterocycles. The van der Waals surface area contributed by atoms with Gasteiger partial charge in [0.15, 0.2) is 0 Å². The van der Waals surface area contributed by atoms with E-state index in [4.69, 9.17) is 9.47 Å². The maximum atomic E-state index is 9.68.